The number of carbonyl (C=O) groups is 1. The summed E-state index contributed by atoms with van der Waals surface area (Å²) in [5.74, 6) is 0.796. The van der Waals surface area contributed by atoms with Gasteiger partial charge in [0.05, 0.1) is 0 Å². The standard InChI is InChI=1S/C10H16O/c1-4-10(8(2)3)7-5-6-9(10)11/h5-6,8H,4,7H2,1-3H3. The van der Waals surface area contributed by atoms with E-state index in [2.05, 4.69) is 20.8 Å². The Morgan fingerprint density at radius 2 is 2.27 bits per heavy atom. The van der Waals surface area contributed by atoms with E-state index in [1.54, 1.807) is 6.08 Å². The summed E-state index contributed by atoms with van der Waals surface area (Å²) in [5.41, 5.74) is -0.0556. The minimum atomic E-state index is -0.0556. The van der Waals surface area contributed by atoms with Crippen molar-refractivity contribution in [2.45, 2.75) is 33.6 Å². The molecule has 1 atom stereocenters. The molecule has 0 N–H and O–H groups in total. The summed E-state index contributed by atoms with van der Waals surface area (Å²) in [6.07, 6.45) is 5.66. The van der Waals surface area contributed by atoms with Crippen molar-refractivity contribution in [3.8, 4) is 0 Å². The van der Waals surface area contributed by atoms with Gasteiger partial charge in [0.1, 0.15) is 0 Å². The highest BCUT2D eigenvalue weighted by Gasteiger charge is 2.39. The molecular formula is C10H16O. The number of ketones is 1. The smallest absolute Gasteiger partial charge is 0.162 e. The van der Waals surface area contributed by atoms with Crippen molar-refractivity contribution in [1.82, 2.24) is 0 Å². The lowest BCUT2D eigenvalue weighted by Gasteiger charge is -2.30. The van der Waals surface area contributed by atoms with Gasteiger partial charge in [-0.25, -0.2) is 0 Å². The van der Waals surface area contributed by atoms with E-state index >= 15 is 0 Å². The summed E-state index contributed by atoms with van der Waals surface area (Å²) in [6.45, 7) is 6.37. The first kappa shape index (κ1) is 8.51. The third kappa shape index (κ3) is 1.13. The molecule has 0 aliphatic heterocycles. The van der Waals surface area contributed by atoms with E-state index in [4.69, 9.17) is 0 Å². The summed E-state index contributed by atoms with van der Waals surface area (Å²) in [5, 5.41) is 0. The van der Waals surface area contributed by atoms with Crippen LogP contribution < -0.4 is 0 Å². The van der Waals surface area contributed by atoms with Crippen molar-refractivity contribution in [1.29, 1.82) is 0 Å². The Morgan fingerprint density at radius 1 is 1.64 bits per heavy atom. The topological polar surface area (TPSA) is 17.1 Å². The summed E-state index contributed by atoms with van der Waals surface area (Å²) in [7, 11) is 0. The minimum absolute atomic E-state index is 0.0556. The summed E-state index contributed by atoms with van der Waals surface area (Å²) in [4.78, 5) is 11.5. The Balaban J connectivity index is 2.86. The molecule has 1 nitrogen and oxygen atoms in total. The van der Waals surface area contributed by atoms with Crippen LogP contribution in [-0.4, -0.2) is 5.78 Å². The molecule has 1 aliphatic rings. The average Bonchev–Trinajstić information content (AvgIpc) is 2.32. The van der Waals surface area contributed by atoms with Gasteiger partial charge in [-0.2, -0.15) is 0 Å². The van der Waals surface area contributed by atoms with Gasteiger partial charge in [0, 0.05) is 5.41 Å². The normalized spacial score (nSPS) is 30.4. The molecule has 0 saturated heterocycles. The molecule has 0 aromatic heterocycles. The zero-order chi connectivity index (χ0) is 8.48. The number of hydrogen-bond acceptors (Lipinski definition) is 1. The first-order chi connectivity index (χ1) is 5.13. The molecule has 62 valence electrons. The zero-order valence-electron chi connectivity index (χ0n) is 7.55. The van der Waals surface area contributed by atoms with Crippen LogP contribution in [0.25, 0.3) is 0 Å². The van der Waals surface area contributed by atoms with Crippen LogP contribution in [0.5, 0.6) is 0 Å². The van der Waals surface area contributed by atoms with Crippen LogP contribution in [0.4, 0.5) is 0 Å². The molecule has 0 radical (unpaired) electrons. The number of hydrogen-bond donors (Lipinski definition) is 0. The third-order valence-corrected chi connectivity index (χ3v) is 2.98. The molecule has 0 spiro atoms. The Kier molecular flexibility index (Phi) is 2.17. The van der Waals surface area contributed by atoms with E-state index in [-0.39, 0.29) is 5.41 Å². The average molecular weight is 152 g/mol. The van der Waals surface area contributed by atoms with Crippen LogP contribution in [0.15, 0.2) is 12.2 Å². The Bertz CT molecular complexity index is 191. The molecule has 0 bridgehead atoms. The highest BCUT2D eigenvalue weighted by atomic mass is 16.1. The molecule has 1 rings (SSSR count). The maximum absolute atomic E-state index is 11.5. The molecule has 1 heteroatoms. The van der Waals surface area contributed by atoms with Crippen molar-refractivity contribution in [2.75, 3.05) is 0 Å². The third-order valence-electron chi connectivity index (χ3n) is 2.98. The van der Waals surface area contributed by atoms with Gasteiger partial charge in [0.25, 0.3) is 0 Å². The molecule has 11 heavy (non-hydrogen) atoms. The van der Waals surface area contributed by atoms with Crippen LogP contribution in [0.1, 0.15) is 33.6 Å². The van der Waals surface area contributed by atoms with Crippen LogP contribution in [-0.2, 0) is 4.79 Å². The van der Waals surface area contributed by atoms with Gasteiger partial charge >= 0.3 is 0 Å². The van der Waals surface area contributed by atoms with Gasteiger partial charge in [-0.1, -0.05) is 26.8 Å². The van der Waals surface area contributed by atoms with Gasteiger partial charge in [0.15, 0.2) is 5.78 Å². The molecule has 0 amide bonds. The van der Waals surface area contributed by atoms with Crippen molar-refractivity contribution < 1.29 is 4.79 Å². The second-order valence-corrected chi connectivity index (χ2v) is 3.64. The molecule has 0 aromatic carbocycles. The minimum Gasteiger partial charge on any atom is -0.294 e. The summed E-state index contributed by atoms with van der Waals surface area (Å²) >= 11 is 0. The highest BCUT2D eigenvalue weighted by molar-refractivity contribution is 5.97. The lowest BCUT2D eigenvalue weighted by molar-refractivity contribution is -0.125. The van der Waals surface area contributed by atoms with E-state index in [1.165, 1.54) is 0 Å². The van der Waals surface area contributed by atoms with Gasteiger partial charge in [-0.3, -0.25) is 4.79 Å². The van der Waals surface area contributed by atoms with Crippen molar-refractivity contribution in [3.63, 3.8) is 0 Å². The first-order valence-electron chi connectivity index (χ1n) is 4.34. The first-order valence-corrected chi connectivity index (χ1v) is 4.34. The molecule has 0 fully saturated rings. The molecule has 0 saturated carbocycles. The molecule has 0 aromatic rings. The SMILES string of the molecule is CCC1(C(C)C)CC=CC1=O. The lowest BCUT2D eigenvalue weighted by atomic mass is 9.72. The van der Waals surface area contributed by atoms with Crippen molar-refractivity contribution in [3.05, 3.63) is 12.2 Å². The molecule has 1 aliphatic carbocycles. The Labute approximate surface area is 68.5 Å². The van der Waals surface area contributed by atoms with Crippen LogP contribution in [0.3, 0.4) is 0 Å². The predicted molar refractivity (Wildman–Crippen MR) is 46.3 cm³/mol. The van der Waals surface area contributed by atoms with Gasteiger partial charge in [-0.15, -0.1) is 0 Å². The molecular weight excluding hydrogens is 136 g/mol. The molecule has 0 heterocycles. The lowest BCUT2D eigenvalue weighted by Crippen LogP contribution is -2.31. The van der Waals surface area contributed by atoms with Crippen LogP contribution in [0.2, 0.25) is 0 Å². The predicted octanol–water partition coefficient (Wildman–Crippen LogP) is 2.57. The van der Waals surface area contributed by atoms with Gasteiger partial charge < -0.3 is 0 Å². The largest absolute Gasteiger partial charge is 0.294 e. The maximum Gasteiger partial charge on any atom is 0.162 e. The summed E-state index contributed by atoms with van der Waals surface area (Å²) in [6, 6.07) is 0. The van der Waals surface area contributed by atoms with E-state index in [0.717, 1.165) is 12.8 Å². The number of rotatable bonds is 2. The van der Waals surface area contributed by atoms with E-state index < -0.39 is 0 Å². The van der Waals surface area contributed by atoms with Crippen molar-refractivity contribution in [2.24, 2.45) is 11.3 Å². The fourth-order valence-electron chi connectivity index (χ4n) is 1.89. The quantitative estimate of drug-likeness (QED) is 0.594. The van der Waals surface area contributed by atoms with E-state index in [0.29, 0.717) is 11.7 Å². The highest BCUT2D eigenvalue weighted by Crippen LogP contribution is 2.40. The zero-order valence-corrected chi connectivity index (χ0v) is 7.55. The van der Waals surface area contributed by atoms with Gasteiger partial charge in [0.2, 0.25) is 0 Å². The second kappa shape index (κ2) is 2.80. The maximum atomic E-state index is 11.5. The fraction of sp³-hybridized carbons (Fsp3) is 0.700. The van der Waals surface area contributed by atoms with Crippen molar-refractivity contribution >= 4 is 5.78 Å². The summed E-state index contributed by atoms with van der Waals surface area (Å²) < 4.78 is 0. The van der Waals surface area contributed by atoms with E-state index in [9.17, 15) is 4.79 Å². The molecule has 1 unspecified atom stereocenters. The van der Waals surface area contributed by atoms with Gasteiger partial charge in [-0.05, 0) is 24.8 Å². The van der Waals surface area contributed by atoms with Crippen LogP contribution in [0, 0.1) is 11.3 Å². The Morgan fingerprint density at radius 3 is 2.45 bits per heavy atom. The number of allylic oxidation sites excluding steroid dienone is 2. The fourth-order valence-corrected chi connectivity index (χ4v) is 1.89. The van der Waals surface area contributed by atoms with E-state index in [1.807, 2.05) is 6.08 Å². The van der Waals surface area contributed by atoms with Crippen LogP contribution >= 0.6 is 0 Å². The monoisotopic (exact) mass is 152 g/mol. The Hall–Kier alpha value is -0.590. The number of carbonyl (C=O) groups excluding carboxylic acids is 1. The second-order valence-electron chi connectivity index (χ2n) is 3.64.